The summed E-state index contributed by atoms with van der Waals surface area (Å²) in [4.78, 5) is 3.89. The second-order valence-electron chi connectivity index (χ2n) is 5.57. The van der Waals surface area contributed by atoms with E-state index in [1.54, 1.807) is 0 Å². The largest absolute Gasteiger partial charge is 0.493 e. The SMILES string of the molecule is CN=C(NCCC(F)(F)F)NCc1ccc(OCC(C)C)cc1. The topological polar surface area (TPSA) is 45.7 Å². The van der Waals surface area contributed by atoms with Crippen molar-refractivity contribution in [2.75, 3.05) is 20.2 Å². The summed E-state index contributed by atoms with van der Waals surface area (Å²) in [5, 5.41) is 5.61. The van der Waals surface area contributed by atoms with Crippen molar-refractivity contribution in [2.24, 2.45) is 10.9 Å². The maximum Gasteiger partial charge on any atom is 0.390 e. The van der Waals surface area contributed by atoms with Crippen molar-refractivity contribution in [2.45, 2.75) is 33.0 Å². The number of halogens is 3. The lowest BCUT2D eigenvalue weighted by Crippen LogP contribution is -2.38. The van der Waals surface area contributed by atoms with Crippen molar-refractivity contribution in [3.63, 3.8) is 0 Å². The first-order chi connectivity index (χ1) is 10.8. The van der Waals surface area contributed by atoms with Gasteiger partial charge >= 0.3 is 6.18 Å². The van der Waals surface area contributed by atoms with Gasteiger partial charge in [0.15, 0.2) is 5.96 Å². The molecule has 0 heterocycles. The first-order valence-electron chi connectivity index (χ1n) is 7.53. The summed E-state index contributed by atoms with van der Waals surface area (Å²) in [6, 6.07) is 7.57. The highest BCUT2D eigenvalue weighted by Gasteiger charge is 2.26. The molecular formula is C16H24F3N3O. The Kier molecular flexibility index (Phi) is 7.71. The zero-order chi connectivity index (χ0) is 17.3. The smallest absolute Gasteiger partial charge is 0.390 e. The Morgan fingerprint density at radius 2 is 1.83 bits per heavy atom. The van der Waals surface area contributed by atoms with E-state index in [0.717, 1.165) is 11.3 Å². The number of rotatable bonds is 7. The molecule has 2 N–H and O–H groups in total. The predicted octanol–water partition coefficient (Wildman–Crippen LogP) is 3.34. The van der Waals surface area contributed by atoms with Crippen LogP contribution >= 0.6 is 0 Å². The van der Waals surface area contributed by atoms with Gasteiger partial charge in [-0.25, -0.2) is 0 Å². The van der Waals surface area contributed by atoms with E-state index in [2.05, 4.69) is 29.5 Å². The molecule has 0 saturated heterocycles. The molecule has 0 radical (unpaired) electrons. The van der Waals surface area contributed by atoms with Gasteiger partial charge in [0.05, 0.1) is 13.0 Å². The summed E-state index contributed by atoms with van der Waals surface area (Å²) in [7, 11) is 1.52. The Morgan fingerprint density at radius 1 is 1.17 bits per heavy atom. The molecule has 130 valence electrons. The van der Waals surface area contributed by atoms with Crippen LogP contribution < -0.4 is 15.4 Å². The molecule has 0 atom stereocenters. The van der Waals surface area contributed by atoms with Crippen molar-refractivity contribution in [3.8, 4) is 5.75 Å². The van der Waals surface area contributed by atoms with Gasteiger partial charge in [-0.15, -0.1) is 0 Å². The van der Waals surface area contributed by atoms with E-state index < -0.39 is 12.6 Å². The van der Waals surface area contributed by atoms with Gasteiger partial charge in [-0.1, -0.05) is 26.0 Å². The van der Waals surface area contributed by atoms with Crippen LogP contribution in [0.15, 0.2) is 29.3 Å². The minimum Gasteiger partial charge on any atom is -0.493 e. The van der Waals surface area contributed by atoms with E-state index in [-0.39, 0.29) is 6.54 Å². The Labute approximate surface area is 135 Å². The normalized spacial score (nSPS) is 12.4. The van der Waals surface area contributed by atoms with Gasteiger partial charge in [-0.2, -0.15) is 13.2 Å². The average Bonchev–Trinajstić information content (AvgIpc) is 2.48. The van der Waals surface area contributed by atoms with Crippen molar-refractivity contribution in [1.82, 2.24) is 10.6 Å². The average molecular weight is 331 g/mol. The maximum absolute atomic E-state index is 12.1. The maximum atomic E-state index is 12.1. The van der Waals surface area contributed by atoms with E-state index in [9.17, 15) is 13.2 Å². The Balaban J connectivity index is 2.37. The second-order valence-corrected chi connectivity index (χ2v) is 5.57. The van der Waals surface area contributed by atoms with Crippen LogP contribution in [0.25, 0.3) is 0 Å². The lowest BCUT2D eigenvalue weighted by atomic mass is 10.2. The summed E-state index contributed by atoms with van der Waals surface area (Å²) in [6.07, 6.45) is -5.06. The van der Waals surface area contributed by atoms with Crippen molar-refractivity contribution < 1.29 is 17.9 Å². The van der Waals surface area contributed by atoms with Crippen molar-refractivity contribution in [3.05, 3.63) is 29.8 Å². The first-order valence-corrected chi connectivity index (χ1v) is 7.53. The van der Waals surface area contributed by atoms with Gasteiger partial charge in [0.1, 0.15) is 5.75 Å². The standard InChI is InChI=1S/C16H24F3N3O/c1-12(2)11-23-14-6-4-13(5-7-14)10-22-15(20-3)21-9-8-16(17,18)19/h4-7,12H,8-11H2,1-3H3,(H2,20,21,22). The zero-order valence-corrected chi connectivity index (χ0v) is 13.7. The van der Waals surface area contributed by atoms with Crippen LogP contribution in [-0.2, 0) is 6.54 Å². The predicted molar refractivity (Wildman–Crippen MR) is 85.6 cm³/mol. The summed E-state index contributed by atoms with van der Waals surface area (Å²) in [6.45, 7) is 5.08. The molecule has 0 aliphatic heterocycles. The third-order valence-corrected chi connectivity index (χ3v) is 2.89. The molecule has 0 aromatic heterocycles. The van der Waals surface area contributed by atoms with E-state index in [4.69, 9.17) is 4.74 Å². The molecule has 7 heteroatoms. The number of nitrogens with zero attached hydrogens (tertiary/aromatic N) is 1. The Hall–Kier alpha value is -1.92. The van der Waals surface area contributed by atoms with Gasteiger partial charge in [-0.05, 0) is 23.6 Å². The molecule has 0 fully saturated rings. The lowest BCUT2D eigenvalue weighted by Gasteiger charge is -2.13. The van der Waals surface area contributed by atoms with Gasteiger partial charge in [0, 0.05) is 20.1 Å². The molecule has 1 aromatic carbocycles. The van der Waals surface area contributed by atoms with Gasteiger partial charge < -0.3 is 15.4 Å². The number of hydrogen-bond acceptors (Lipinski definition) is 2. The molecule has 23 heavy (non-hydrogen) atoms. The van der Waals surface area contributed by atoms with Crippen molar-refractivity contribution >= 4 is 5.96 Å². The quantitative estimate of drug-likeness (QED) is 0.595. The van der Waals surface area contributed by atoms with Crippen LogP contribution in [-0.4, -0.2) is 32.3 Å². The van der Waals surface area contributed by atoms with Crippen LogP contribution in [0, 0.1) is 5.92 Å². The summed E-state index contributed by atoms with van der Waals surface area (Å²) in [5.41, 5.74) is 0.987. The van der Waals surface area contributed by atoms with E-state index in [1.807, 2.05) is 24.3 Å². The van der Waals surface area contributed by atoms with Crippen LogP contribution in [0.3, 0.4) is 0 Å². The van der Waals surface area contributed by atoms with Crippen molar-refractivity contribution in [1.29, 1.82) is 0 Å². The molecule has 4 nitrogen and oxygen atoms in total. The fraction of sp³-hybridized carbons (Fsp3) is 0.562. The summed E-state index contributed by atoms with van der Waals surface area (Å²) in [5.74, 6) is 1.60. The molecule has 0 saturated carbocycles. The number of alkyl halides is 3. The highest BCUT2D eigenvalue weighted by atomic mass is 19.4. The number of nitrogens with one attached hydrogen (secondary N) is 2. The van der Waals surface area contributed by atoms with Gasteiger partial charge in [0.2, 0.25) is 0 Å². The molecule has 0 amide bonds. The van der Waals surface area contributed by atoms with Crippen LogP contribution in [0.5, 0.6) is 5.75 Å². The second kappa shape index (κ2) is 9.27. The molecule has 1 aromatic rings. The molecule has 0 unspecified atom stereocenters. The third-order valence-electron chi connectivity index (χ3n) is 2.89. The van der Waals surface area contributed by atoms with Crippen LogP contribution in [0.4, 0.5) is 13.2 Å². The van der Waals surface area contributed by atoms with Crippen LogP contribution in [0.2, 0.25) is 0 Å². The fourth-order valence-electron chi connectivity index (χ4n) is 1.70. The number of aliphatic imine (C=N–C) groups is 1. The van der Waals surface area contributed by atoms with E-state index in [1.165, 1.54) is 7.05 Å². The Bertz CT molecular complexity index is 484. The minimum atomic E-state index is -4.17. The van der Waals surface area contributed by atoms with E-state index in [0.29, 0.717) is 25.0 Å². The Morgan fingerprint density at radius 3 is 2.35 bits per heavy atom. The summed E-state index contributed by atoms with van der Waals surface area (Å²) >= 11 is 0. The number of ether oxygens (including phenoxy) is 1. The van der Waals surface area contributed by atoms with Gasteiger partial charge in [0.25, 0.3) is 0 Å². The lowest BCUT2D eigenvalue weighted by molar-refractivity contribution is -0.132. The molecule has 0 aliphatic rings. The molecular weight excluding hydrogens is 307 g/mol. The van der Waals surface area contributed by atoms with E-state index >= 15 is 0 Å². The fourth-order valence-corrected chi connectivity index (χ4v) is 1.70. The first kappa shape index (κ1) is 19.1. The molecule has 0 spiro atoms. The highest BCUT2D eigenvalue weighted by Crippen LogP contribution is 2.18. The number of guanidine groups is 1. The molecule has 0 bridgehead atoms. The van der Waals surface area contributed by atoms with Crippen LogP contribution in [0.1, 0.15) is 25.8 Å². The number of hydrogen-bond donors (Lipinski definition) is 2. The zero-order valence-electron chi connectivity index (χ0n) is 13.7. The monoisotopic (exact) mass is 331 g/mol. The highest BCUT2D eigenvalue weighted by molar-refractivity contribution is 5.79. The molecule has 0 aliphatic carbocycles. The summed E-state index contributed by atoms with van der Waals surface area (Å²) < 4.78 is 41.9. The molecule has 1 rings (SSSR count). The number of benzene rings is 1. The van der Waals surface area contributed by atoms with Gasteiger partial charge in [-0.3, -0.25) is 4.99 Å². The minimum absolute atomic E-state index is 0.203. The third kappa shape index (κ3) is 8.95.